The molecule has 3 N–H and O–H groups in total. The molecule has 0 aromatic heterocycles. The molecule has 0 atom stereocenters. The zero-order chi connectivity index (χ0) is 12.4. The number of sulfonamides is 1. The van der Waals surface area contributed by atoms with Crippen LogP contribution in [0.2, 0.25) is 0 Å². The Bertz CT molecular complexity index is 455. The van der Waals surface area contributed by atoms with E-state index in [9.17, 15) is 8.42 Å². The van der Waals surface area contributed by atoms with Crippen LogP contribution < -0.4 is 10.5 Å². The second-order valence-corrected chi connectivity index (χ2v) is 6.19. The maximum Gasteiger partial charge on any atom is 0.241 e. The van der Waals surface area contributed by atoms with Crippen molar-refractivity contribution in [3.8, 4) is 0 Å². The molecule has 0 bridgehead atoms. The Morgan fingerprint density at radius 3 is 2.12 bits per heavy atom. The van der Waals surface area contributed by atoms with Crippen molar-refractivity contribution in [1.29, 1.82) is 0 Å². The molecule has 1 aromatic rings. The van der Waals surface area contributed by atoms with E-state index in [2.05, 4.69) is 4.72 Å². The molecule has 0 spiro atoms. The molecular formula is C11H19ClN2O2S. The van der Waals surface area contributed by atoms with E-state index in [0.29, 0.717) is 0 Å². The molecule has 0 saturated heterocycles. The van der Waals surface area contributed by atoms with Crippen LogP contribution in [-0.4, -0.2) is 20.5 Å². The van der Waals surface area contributed by atoms with Gasteiger partial charge in [-0.1, -0.05) is 17.7 Å². The SMILES string of the molecule is Cc1ccc(S(=O)(=O)NC(C)(C)CN)cc1.Cl. The Hall–Kier alpha value is -0.620. The molecule has 0 saturated carbocycles. The number of nitrogens with two attached hydrogens (primary N) is 1. The van der Waals surface area contributed by atoms with Crippen molar-refractivity contribution in [2.24, 2.45) is 5.73 Å². The first-order chi connectivity index (χ1) is 7.27. The number of hydrogen-bond acceptors (Lipinski definition) is 3. The molecule has 0 aliphatic rings. The molecule has 0 aliphatic carbocycles. The number of halogens is 1. The number of nitrogens with one attached hydrogen (secondary N) is 1. The first-order valence-electron chi connectivity index (χ1n) is 5.07. The largest absolute Gasteiger partial charge is 0.329 e. The van der Waals surface area contributed by atoms with Gasteiger partial charge in [-0.05, 0) is 32.9 Å². The van der Waals surface area contributed by atoms with Gasteiger partial charge in [0.05, 0.1) is 4.90 Å². The highest BCUT2D eigenvalue weighted by Crippen LogP contribution is 2.13. The van der Waals surface area contributed by atoms with Gasteiger partial charge in [0.2, 0.25) is 10.0 Å². The van der Waals surface area contributed by atoms with Crippen LogP contribution in [0.15, 0.2) is 29.2 Å². The minimum Gasteiger partial charge on any atom is -0.329 e. The molecule has 0 fully saturated rings. The van der Waals surface area contributed by atoms with E-state index in [0.717, 1.165) is 5.56 Å². The minimum atomic E-state index is -3.48. The van der Waals surface area contributed by atoms with Crippen LogP contribution in [0.5, 0.6) is 0 Å². The standard InChI is InChI=1S/C11H18N2O2S.ClH/c1-9-4-6-10(7-5-9)16(14,15)13-11(2,3)8-12;/h4-7,13H,8,12H2,1-3H3;1H. The fourth-order valence-corrected chi connectivity index (χ4v) is 2.60. The van der Waals surface area contributed by atoms with Crippen molar-refractivity contribution in [2.75, 3.05) is 6.54 Å². The van der Waals surface area contributed by atoms with Crippen LogP contribution in [0.3, 0.4) is 0 Å². The Kier molecular flexibility index (Phi) is 5.61. The van der Waals surface area contributed by atoms with Gasteiger partial charge in [0.1, 0.15) is 0 Å². The van der Waals surface area contributed by atoms with Gasteiger partial charge in [-0.15, -0.1) is 12.4 Å². The number of benzene rings is 1. The molecule has 0 amide bonds. The Labute approximate surface area is 109 Å². The Morgan fingerprint density at radius 1 is 1.24 bits per heavy atom. The minimum absolute atomic E-state index is 0. The number of hydrogen-bond donors (Lipinski definition) is 2. The fourth-order valence-electron chi connectivity index (χ4n) is 1.18. The Balaban J connectivity index is 0.00000256. The van der Waals surface area contributed by atoms with E-state index >= 15 is 0 Å². The highest BCUT2D eigenvalue weighted by Gasteiger charge is 2.24. The summed E-state index contributed by atoms with van der Waals surface area (Å²) in [6.45, 7) is 5.66. The van der Waals surface area contributed by atoms with E-state index in [1.54, 1.807) is 38.1 Å². The second kappa shape index (κ2) is 5.82. The first-order valence-corrected chi connectivity index (χ1v) is 6.56. The second-order valence-electron chi connectivity index (χ2n) is 4.51. The third-order valence-corrected chi connectivity index (χ3v) is 3.97. The fraction of sp³-hybridized carbons (Fsp3) is 0.455. The molecule has 98 valence electrons. The molecule has 4 nitrogen and oxygen atoms in total. The van der Waals surface area contributed by atoms with Gasteiger partial charge in [0, 0.05) is 12.1 Å². The lowest BCUT2D eigenvalue weighted by molar-refractivity contribution is 0.462. The van der Waals surface area contributed by atoms with Crippen LogP contribution >= 0.6 is 12.4 Å². The third kappa shape index (κ3) is 4.63. The summed E-state index contributed by atoms with van der Waals surface area (Å²) in [5.41, 5.74) is 5.88. The van der Waals surface area contributed by atoms with Gasteiger partial charge in [-0.3, -0.25) is 0 Å². The van der Waals surface area contributed by atoms with Crippen molar-refractivity contribution in [3.63, 3.8) is 0 Å². The quantitative estimate of drug-likeness (QED) is 0.875. The van der Waals surface area contributed by atoms with Gasteiger partial charge in [0.25, 0.3) is 0 Å². The Morgan fingerprint density at radius 2 is 1.71 bits per heavy atom. The summed E-state index contributed by atoms with van der Waals surface area (Å²) >= 11 is 0. The van der Waals surface area contributed by atoms with Crippen molar-refractivity contribution in [1.82, 2.24) is 4.72 Å². The highest BCUT2D eigenvalue weighted by atomic mass is 35.5. The van der Waals surface area contributed by atoms with E-state index in [4.69, 9.17) is 5.73 Å². The summed E-state index contributed by atoms with van der Waals surface area (Å²) in [5, 5.41) is 0. The third-order valence-electron chi connectivity index (χ3n) is 2.25. The van der Waals surface area contributed by atoms with Crippen molar-refractivity contribution < 1.29 is 8.42 Å². The number of rotatable bonds is 4. The van der Waals surface area contributed by atoms with E-state index in [-0.39, 0.29) is 23.8 Å². The lowest BCUT2D eigenvalue weighted by Gasteiger charge is -2.23. The summed E-state index contributed by atoms with van der Waals surface area (Å²) in [6.07, 6.45) is 0. The molecular weight excluding hydrogens is 260 g/mol. The lowest BCUT2D eigenvalue weighted by atomic mass is 10.1. The van der Waals surface area contributed by atoms with E-state index < -0.39 is 15.6 Å². The molecule has 6 heteroatoms. The predicted molar refractivity (Wildman–Crippen MR) is 71.9 cm³/mol. The molecule has 1 rings (SSSR count). The van der Waals surface area contributed by atoms with E-state index in [1.165, 1.54) is 0 Å². The monoisotopic (exact) mass is 278 g/mol. The van der Waals surface area contributed by atoms with Gasteiger partial charge < -0.3 is 5.73 Å². The molecule has 0 unspecified atom stereocenters. The van der Waals surface area contributed by atoms with Crippen molar-refractivity contribution >= 4 is 22.4 Å². The van der Waals surface area contributed by atoms with Gasteiger partial charge in [0.15, 0.2) is 0 Å². The summed E-state index contributed by atoms with van der Waals surface area (Å²) in [4.78, 5) is 0.264. The van der Waals surface area contributed by atoms with Gasteiger partial charge in [-0.25, -0.2) is 13.1 Å². The topological polar surface area (TPSA) is 72.2 Å². The lowest BCUT2D eigenvalue weighted by Crippen LogP contribution is -2.48. The molecule has 0 heterocycles. The first kappa shape index (κ1) is 16.4. The maximum absolute atomic E-state index is 12.0. The smallest absolute Gasteiger partial charge is 0.241 e. The average Bonchev–Trinajstić information content (AvgIpc) is 2.17. The van der Waals surface area contributed by atoms with Crippen LogP contribution in [0.25, 0.3) is 0 Å². The van der Waals surface area contributed by atoms with Gasteiger partial charge in [-0.2, -0.15) is 0 Å². The van der Waals surface area contributed by atoms with Crippen molar-refractivity contribution in [3.05, 3.63) is 29.8 Å². The molecule has 1 aromatic carbocycles. The number of aryl methyl sites for hydroxylation is 1. The normalized spacial score (nSPS) is 12.0. The van der Waals surface area contributed by atoms with E-state index in [1.807, 2.05) is 6.92 Å². The zero-order valence-electron chi connectivity index (χ0n) is 10.2. The van der Waals surface area contributed by atoms with Crippen molar-refractivity contribution in [2.45, 2.75) is 31.2 Å². The van der Waals surface area contributed by atoms with Crippen LogP contribution in [0, 0.1) is 6.92 Å². The maximum atomic E-state index is 12.0. The molecule has 0 aliphatic heterocycles. The summed E-state index contributed by atoms with van der Waals surface area (Å²) in [7, 11) is -3.48. The zero-order valence-corrected chi connectivity index (χ0v) is 11.9. The molecule has 17 heavy (non-hydrogen) atoms. The van der Waals surface area contributed by atoms with Crippen LogP contribution in [-0.2, 0) is 10.0 Å². The summed E-state index contributed by atoms with van der Waals surface area (Å²) < 4.78 is 26.5. The van der Waals surface area contributed by atoms with Gasteiger partial charge >= 0.3 is 0 Å². The van der Waals surface area contributed by atoms with Crippen LogP contribution in [0.1, 0.15) is 19.4 Å². The van der Waals surface area contributed by atoms with Crippen LogP contribution in [0.4, 0.5) is 0 Å². The predicted octanol–water partition coefficient (Wildman–Crippen LogP) is 1.43. The molecule has 0 radical (unpaired) electrons. The average molecular weight is 279 g/mol. The highest BCUT2D eigenvalue weighted by molar-refractivity contribution is 7.89. The summed E-state index contributed by atoms with van der Waals surface area (Å²) in [5.74, 6) is 0. The summed E-state index contributed by atoms with van der Waals surface area (Å²) in [6, 6.07) is 6.71.